The SMILES string of the molecule is CCn1ncc(Cn2cc(NC(=O)c3cnn4c(C(F)(F)F)cc(-c5cccc6ccccc56)nc34)cn2)c1C. The van der Waals surface area contributed by atoms with Gasteiger partial charge in [-0.05, 0) is 30.7 Å². The third-order valence-corrected chi connectivity index (χ3v) is 6.80. The molecule has 9 nitrogen and oxygen atoms in total. The number of alkyl halides is 3. The fourth-order valence-corrected chi connectivity index (χ4v) is 4.76. The highest BCUT2D eigenvalue weighted by Crippen LogP contribution is 2.35. The topological polar surface area (TPSA) is 94.9 Å². The Balaban J connectivity index is 1.35. The van der Waals surface area contributed by atoms with E-state index in [4.69, 9.17) is 0 Å². The highest BCUT2D eigenvalue weighted by molar-refractivity contribution is 6.08. The summed E-state index contributed by atoms with van der Waals surface area (Å²) in [5.74, 6) is -0.653. The number of benzene rings is 2. The second kappa shape index (κ2) is 9.63. The molecule has 4 heterocycles. The molecule has 0 fully saturated rings. The molecule has 40 heavy (non-hydrogen) atoms. The number of hydrogen-bond donors (Lipinski definition) is 1. The molecule has 0 saturated carbocycles. The number of aryl methyl sites for hydroxylation is 1. The van der Waals surface area contributed by atoms with Crippen molar-refractivity contribution in [2.24, 2.45) is 0 Å². The van der Waals surface area contributed by atoms with Gasteiger partial charge in [-0.2, -0.15) is 28.5 Å². The van der Waals surface area contributed by atoms with E-state index in [9.17, 15) is 18.0 Å². The highest BCUT2D eigenvalue weighted by atomic mass is 19.4. The van der Waals surface area contributed by atoms with Crippen LogP contribution in [0.2, 0.25) is 0 Å². The lowest BCUT2D eigenvalue weighted by Crippen LogP contribution is -2.15. The van der Waals surface area contributed by atoms with E-state index in [1.54, 1.807) is 29.2 Å². The molecule has 0 unspecified atom stereocenters. The van der Waals surface area contributed by atoms with E-state index in [0.29, 0.717) is 22.3 Å². The number of nitrogens with one attached hydrogen (secondary N) is 1. The zero-order chi connectivity index (χ0) is 28.0. The summed E-state index contributed by atoms with van der Waals surface area (Å²) in [6.45, 7) is 5.17. The fraction of sp³-hybridized carbons (Fsp3) is 0.179. The summed E-state index contributed by atoms with van der Waals surface area (Å²) in [6, 6.07) is 13.6. The minimum Gasteiger partial charge on any atom is -0.319 e. The molecule has 0 aliphatic heterocycles. The number of carbonyl (C=O) groups excluding carboxylic acids is 1. The summed E-state index contributed by atoms with van der Waals surface area (Å²) < 4.78 is 46.5. The lowest BCUT2D eigenvalue weighted by molar-refractivity contribution is -0.142. The van der Waals surface area contributed by atoms with E-state index in [2.05, 4.69) is 25.6 Å². The highest BCUT2D eigenvalue weighted by Gasteiger charge is 2.36. The van der Waals surface area contributed by atoms with Gasteiger partial charge in [-0.25, -0.2) is 9.50 Å². The maximum Gasteiger partial charge on any atom is 0.433 e. The maximum atomic E-state index is 14.1. The number of nitrogens with zero attached hydrogens (tertiary/aromatic N) is 7. The number of anilines is 1. The lowest BCUT2D eigenvalue weighted by atomic mass is 10.0. The van der Waals surface area contributed by atoms with Gasteiger partial charge in [0.15, 0.2) is 11.3 Å². The second-order valence-electron chi connectivity index (χ2n) is 9.30. The average molecular weight is 545 g/mol. The first-order valence-corrected chi connectivity index (χ1v) is 12.5. The van der Waals surface area contributed by atoms with Gasteiger partial charge < -0.3 is 5.32 Å². The quantitative estimate of drug-likeness (QED) is 0.295. The number of fused-ring (bicyclic) bond motifs is 2. The predicted molar refractivity (Wildman–Crippen MR) is 143 cm³/mol. The van der Waals surface area contributed by atoms with Crippen LogP contribution in [0, 0.1) is 6.92 Å². The summed E-state index contributed by atoms with van der Waals surface area (Å²) in [5, 5.41) is 16.8. The fourth-order valence-electron chi connectivity index (χ4n) is 4.76. The van der Waals surface area contributed by atoms with Gasteiger partial charge in [-0.15, -0.1) is 0 Å². The summed E-state index contributed by atoms with van der Waals surface area (Å²) in [6.07, 6.45) is 1.24. The van der Waals surface area contributed by atoms with Crippen molar-refractivity contribution in [2.45, 2.75) is 33.1 Å². The van der Waals surface area contributed by atoms with Crippen LogP contribution in [0.1, 0.15) is 34.2 Å². The van der Waals surface area contributed by atoms with E-state index in [0.717, 1.165) is 40.8 Å². The molecule has 0 bridgehead atoms. The molecule has 2 aromatic carbocycles. The Labute approximate surface area is 225 Å². The van der Waals surface area contributed by atoms with Gasteiger partial charge in [-0.3, -0.25) is 14.2 Å². The Kier molecular flexibility index (Phi) is 6.09. The van der Waals surface area contributed by atoms with Crippen molar-refractivity contribution in [1.82, 2.24) is 34.2 Å². The van der Waals surface area contributed by atoms with Crippen molar-refractivity contribution in [3.8, 4) is 11.3 Å². The number of halogens is 3. The number of amides is 1. The van der Waals surface area contributed by atoms with Gasteiger partial charge >= 0.3 is 6.18 Å². The average Bonchev–Trinajstić information content (AvgIpc) is 3.66. The molecule has 0 aliphatic rings. The van der Waals surface area contributed by atoms with E-state index in [1.165, 1.54) is 6.20 Å². The van der Waals surface area contributed by atoms with Crippen LogP contribution in [0.25, 0.3) is 27.7 Å². The molecule has 202 valence electrons. The predicted octanol–water partition coefficient (Wildman–Crippen LogP) is 5.59. The second-order valence-corrected chi connectivity index (χ2v) is 9.30. The van der Waals surface area contributed by atoms with Crippen molar-refractivity contribution in [1.29, 1.82) is 0 Å². The van der Waals surface area contributed by atoms with Gasteiger partial charge in [-0.1, -0.05) is 42.5 Å². The maximum absolute atomic E-state index is 14.1. The molecule has 1 amide bonds. The Hall–Kier alpha value is -5.00. The molecular weight excluding hydrogens is 521 g/mol. The van der Waals surface area contributed by atoms with Crippen LogP contribution in [-0.2, 0) is 19.3 Å². The Bertz CT molecular complexity index is 1880. The van der Waals surface area contributed by atoms with Crippen LogP contribution in [0.4, 0.5) is 18.9 Å². The van der Waals surface area contributed by atoms with Gasteiger partial charge in [0, 0.05) is 29.6 Å². The van der Waals surface area contributed by atoms with Crippen LogP contribution in [0.15, 0.2) is 73.3 Å². The van der Waals surface area contributed by atoms with Gasteiger partial charge in [0.1, 0.15) is 5.56 Å². The van der Waals surface area contributed by atoms with E-state index < -0.39 is 17.8 Å². The van der Waals surface area contributed by atoms with Crippen molar-refractivity contribution >= 4 is 28.0 Å². The zero-order valence-corrected chi connectivity index (χ0v) is 21.5. The largest absolute Gasteiger partial charge is 0.433 e. The normalized spacial score (nSPS) is 11.9. The summed E-state index contributed by atoms with van der Waals surface area (Å²) in [4.78, 5) is 17.7. The Morgan fingerprint density at radius 3 is 2.58 bits per heavy atom. The van der Waals surface area contributed by atoms with Gasteiger partial charge in [0.05, 0.1) is 36.5 Å². The first-order chi connectivity index (χ1) is 19.2. The molecule has 0 saturated heterocycles. The third kappa shape index (κ3) is 4.46. The standard InChI is InChI=1S/C28H23F3N8O/c1-3-38-17(2)19(12-33-38)15-37-16-20(13-32-37)35-27(40)23-14-34-39-25(28(29,30)31)11-24(36-26(23)39)22-10-6-8-18-7-4-5-9-21(18)22/h4-14,16H,3,15H2,1-2H3,(H,35,40). The molecule has 0 aliphatic carbocycles. The minimum atomic E-state index is -4.73. The molecule has 6 rings (SSSR count). The van der Waals surface area contributed by atoms with E-state index >= 15 is 0 Å². The number of rotatable bonds is 6. The first kappa shape index (κ1) is 25.3. The van der Waals surface area contributed by atoms with E-state index in [-0.39, 0.29) is 16.9 Å². The third-order valence-electron chi connectivity index (χ3n) is 6.80. The van der Waals surface area contributed by atoms with Crippen LogP contribution in [-0.4, -0.2) is 40.1 Å². The van der Waals surface area contributed by atoms with Crippen molar-refractivity contribution in [2.75, 3.05) is 5.32 Å². The Morgan fingerprint density at radius 1 is 1.00 bits per heavy atom. The van der Waals surface area contributed by atoms with E-state index in [1.807, 2.05) is 48.9 Å². The molecule has 4 aromatic heterocycles. The van der Waals surface area contributed by atoms with Crippen molar-refractivity contribution in [3.63, 3.8) is 0 Å². The van der Waals surface area contributed by atoms with Crippen LogP contribution in [0.5, 0.6) is 0 Å². The number of carbonyl (C=O) groups is 1. The lowest BCUT2D eigenvalue weighted by Gasteiger charge is -2.13. The molecule has 0 spiro atoms. The zero-order valence-electron chi connectivity index (χ0n) is 21.5. The summed E-state index contributed by atoms with van der Waals surface area (Å²) >= 11 is 0. The minimum absolute atomic E-state index is 0.0852. The molecule has 6 aromatic rings. The molecule has 0 radical (unpaired) electrons. The summed E-state index contributed by atoms with van der Waals surface area (Å²) in [5.41, 5.74) is 1.65. The van der Waals surface area contributed by atoms with Crippen LogP contribution < -0.4 is 5.32 Å². The van der Waals surface area contributed by atoms with Gasteiger partial charge in [0.25, 0.3) is 5.91 Å². The van der Waals surface area contributed by atoms with Crippen molar-refractivity contribution < 1.29 is 18.0 Å². The number of aromatic nitrogens is 7. The smallest absolute Gasteiger partial charge is 0.319 e. The first-order valence-electron chi connectivity index (χ1n) is 12.5. The molecular formula is C28H23F3N8O. The van der Waals surface area contributed by atoms with Crippen molar-refractivity contribution in [3.05, 3.63) is 95.8 Å². The Morgan fingerprint density at radius 2 is 1.80 bits per heavy atom. The molecule has 0 atom stereocenters. The number of hydrogen-bond acceptors (Lipinski definition) is 5. The molecule has 1 N–H and O–H groups in total. The van der Waals surface area contributed by atoms with Crippen LogP contribution >= 0.6 is 0 Å². The summed E-state index contributed by atoms with van der Waals surface area (Å²) in [7, 11) is 0. The molecule has 12 heteroatoms. The monoisotopic (exact) mass is 544 g/mol. The van der Waals surface area contributed by atoms with Gasteiger partial charge in [0.2, 0.25) is 0 Å². The van der Waals surface area contributed by atoms with Crippen LogP contribution in [0.3, 0.4) is 0 Å².